The largest absolute Gasteiger partial charge is 0.381 e. The average Bonchev–Trinajstić information content (AvgIpc) is 3.33. The molecule has 0 radical (unpaired) electrons. The van der Waals surface area contributed by atoms with Crippen LogP contribution in [0, 0.1) is 0 Å². The van der Waals surface area contributed by atoms with Crippen LogP contribution in [-0.4, -0.2) is 37.5 Å². The van der Waals surface area contributed by atoms with Crippen LogP contribution < -0.4 is 5.32 Å². The first kappa shape index (κ1) is 15.8. The molecule has 0 aromatic heterocycles. The number of hydrogen-bond acceptors (Lipinski definition) is 3. The Labute approximate surface area is 130 Å². The molecule has 0 aromatic rings. The summed E-state index contributed by atoms with van der Waals surface area (Å²) < 4.78 is 12.3. The van der Waals surface area contributed by atoms with Gasteiger partial charge in [0.1, 0.15) is 0 Å². The fourth-order valence-electron chi connectivity index (χ4n) is 4.10. The van der Waals surface area contributed by atoms with Gasteiger partial charge in [-0.1, -0.05) is 25.7 Å². The molecule has 2 unspecified atom stereocenters. The highest BCUT2D eigenvalue weighted by Crippen LogP contribution is 2.35. The summed E-state index contributed by atoms with van der Waals surface area (Å²) in [5.74, 6) is 0. The van der Waals surface area contributed by atoms with Crippen LogP contribution in [0.2, 0.25) is 0 Å². The highest BCUT2D eigenvalue weighted by atomic mass is 16.5. The highest BCUT2D eigenvalue weighted by molar-refractivity contribution is 4.92. The molecule has 0 heterocycles. The van der Waals surface area contributed by atoms with E-state index in [0.29, 0.717) is 12.2 Å². The normalized spacial score (nSPS) is 33.6. The van der Waals surface area contributed by atoms with E-state index in [1.807, 2.05) is 7.11 Å². The van der Waals surface area contributed by atoms with E-state index in [1.54, 1.807) is 0 Å². The van der Waals surface area contributed by atoms with Crippen LogP contribution in [0.25, 0.3) is 0 Å². The van der Waals surface area contributed by atoms with Crippen molar-refractivity contribution >= 4 is 0 Å². The van der Waals surface area contributed by atoms with Crippen molar-refractivity contribution in [2.75, 3.05) is 13.7 Å². The van der Waals surface area contributed by atoms with Crippen molar-refractivity contribution in [2.45, 2.75) is 101 Å². The Morgan fingerprint density at radius 2 is 1.62 bits per heavy atom. The molecule has 3 nitrogen and oxygen atoms in total. The molecular formula is C18H33NO2. The monoisotopic (exact) mass is 295 g/mol. The molecule has 3 aliphatic rings. The minimum atomic E-state index is 0.111. The molecule has 2 atom stereocenters. The molecular weight excluding hydrogens is 262 g/mol. The van der Waals surface area contributed by atoms with E-state index in [0.717, 1.165) is 19.0 Å². The van der Waals surface area contributed by atoms with Gasteiger partial charge in [0.05, 0.1) is 17.8 Å². The Hall–Kier alpha value is -0.120. The van der Waals surface area contributed by atoms with Gasteiger partial charge < -0.3 is 14.8 Å². The van der Waals surface area contributed by atoms with Crippen LogP contribution in [0.1, 0.15) is 77.0 Å². The quantitative estimate of drug-likeness (QED) is 0.756. The van der Waals surface area contributed by atoms with E-state index < -0.39 is 0 Å². The van der Waals surface area contributed by atoms with Crippen LogP contribution in [0.5, 0.6) is 0 Å². The lowest BCUT2D eigenvalue weighted by molar-refractivity contribution is -0.128. The standard InChI is InChI=1S/C18H33NO2/c1-20-16-7-6-8-17(13-16)21-18(14-19-15-9-10-15)11-4-2-3-5-12-18/h15-17,19H,2-14H2,1H3. The summed E-state index contributed by atoms with van der Waals surface area (Å²) in [6.45, 7) is 1.08. The second kappa shape index (κ2) is 7.43. The Morgan fingerprint density at radius 1 is 0.905 bits per heavy atom. The molecule has 3 fully saturated rings. The Morgan fingerprint density at radius 3 is 2.29 bits per heavy atom. The molecule has 0 aliphatic heterocycles. The van der Waals surface area contributed by atoms with Gasteiger partial charge in [0.2, 0.25) is 0 Å². The van der Waals surface area contributed by atoms with E-state index >= 15 is 0 Å². The summed E-state index contributed by atoms with van der Waals surface area (Å²) >= 11 is 0. The van der Waals surface area contributed by atoms with Crippen molar-refractivity contribution < 1.29 is 9.47 Å². The van der Waals surface area contributed by atoms with E-state index in [9.17, 15) is 0 Å². The number of ether oxygens (including phenoxy) is 2. The summed E-state index contributed by atoms with van der Waals surface area (Å²) in [5.41, 5.74) is 0.111. The van der Waals surface area contributed by atoms with Gasteiger partial charge in [-0.05, 0) is 51.4 Å². The maximum absolute atomic E-state index is 6.77. The summed E-state index contributed by atoms with van der Waals surface area (Å²) in [7, 11) is 1.85. The zero-order chi connectivity index (χ0) is 14.5. The minimum absolute atomic E-state index is 0.111. The molecule has 3 heteroatoms. The van der Waals surface area contributed by atoms with Gasteiger partial charge in [-0.15, -0.1) is 0 Å². The van der Waals surface area contributed by atoms with Crippen LogP contribution in [-0.2, 0) is 9.47 Å². The summed E-state index contributed by atoms with van der Waals surface area (Å²) in [6, 6.07) is 0.784. The summed E-state index contributed by atoms with van der Waals surface area (Å²) in [4.78, 5) is 0. The van der Waals surface area contributed by atoms with Gasteiger partial charge in [0.15, 0.2) is 0 Å². The number of hydrogen-bond donors (Lipinski definition) is 1. The molecule has 122 valence electrons. The van der Waals surface area contributed by atoms with Gasteiger partial charge in [0, 0.05) is 19.7 Å². The van der Waals surface area contributed by atoms with E-state index in [1.165, 1.54) is 70.6 Å². The molecule has 1 N–H and O–H groups in total. The topological polar surface area (TPSA) is 30.5 Å². The third kappa shape index (κ3) is 4.67. The Kier molecular flexibility index (Phi) is 5.58. The second-order valence-electron chi connectivity index (χ2n) is 7.52. The molecule has 3 rings (SSSR count). The fourth-order valence-corrected chi connectivity index (χ4v) is 4.10. The zero-order valence-corrected chi connectivity index (χ0v) is 13.7. The molecule has 21 heavy (non-hydrogen) atoms. The molecule has 0 spiro atoms. The molecule has 0 aromatic carbocycles. The molecule has 3 saturated carbocycles. The second-order valence-corrected chi connectivity index (χ2v) is 7.52. The first-order valence-corrected chi connectivity index (χ1v) is 9.24. The fraction of sp³-hybridized carbons (Fsp3) is 1.00. The van der Waals surface area contributed by atoms with Crippen LogP contribution >= 0.6 is 0 Å². The smallest absolute Gasteiger partial charge is 0.0810 e. The van der Waals surface area contributed by atoms with Crippen molar-refractivity contribution in [3.63, 3.8) is 0 Å². The predicted octanol–water partition coefficient (Wildman–Crippen LogP) is 3.81. The molecule has 3 aliphatic carbocycles. The molecule has 0 amide bonds. The zero-order valence-electron chi connectivity index (χ0n) is 13.7. The number of methoxy groups -OCH3 is 1. The van der Waals surface area contributed by atoms with E-state index in [4.69, 9.17) is 9.47 Å². The lowest BCUT2D eigenvalue weighted by atomic mass is 9.90. The van der Waals surface area contributed by atoms with Crippen molar-refractivity contribution in [1.82, 2.24) is 5.32 Å². The predicted molar refractivity (Wildman–Crippen MR) is 85.6 cm³/mol. The number of nitrogens with one attached hydrogen (secondary N) is 1. The maximum atomic E-state index is 6.77. The third-order valence-electron chi connectivity index (χ3n) is 5.63. The Bertz CT molecular complexity index is 308. The van der Waals surface area contributed by atoms with Gasteiger partial charge in [-0.25, -0.2) is 0 Å². The lowest BCUT2D eigenvalue weighted by Gasteiger charge is -2.40. The average molecular weight is 295 g/mol. The summed E-state index contributed by atoms with van der Waals surface area (Å²) in [5, 5.41) is 3.75. The maximum Gasteiger partial charge on any atom is 0.0810 e. The van der Waals surface area contributed by atoms with Crippen molar-refractivity contribution in [3.8, 4) is 0 Å². The Balaban J connectivity index is 1.59. The van der Waals surface area contributed by atoms with Crippen LogP contribution in [0.15, 0.2) is 0 Å². The lowest BCUT2D eigenvalue weighted by Crippen LogP contribution is -2.47. The van der Waals surface area contributed by atoms with Gasteiger partial charge in [-0.2, -0.15) is 0 Å². The highest BCUT2D eigenvalue weighted by Gasteiger charge is 2.37. The van der Waals surface area contributed by atoms with Crippen molar-refractivity contribution in [3.05, 3.63) is 0 Å². The first-order valence-electron chi connectivity index (χ1n) is 9.24. The van der Waals surface area contributed by atoms with E-state index in [2.05, 4.69) is 5.32 Å². The third-order valence-corrected chi connectivity index (χ3v) is 5.63. The SMILES string of the molecule is COC1CCCC(OC2(CNC3CC3)CCCCCC2)C1. The van der Waals surface area contributed by atoms with Crippen molar-refractivity contribution in [1.29, 1.82) is 0 Å². The van der Waals surface area contributed by atoms with Crippen LogP contribution in [0.3, 0.4) is 0 Å². The van der Waals surface area contributed by atoms with E-state index in [-0.39, 0.29) is 5.60 Å². The summed E-state index contributed by atoms with van der Waals surface area (Å²) in [6.07, 6.45) is 16.3. The van der Waals surface area contributed by atoms with Crippen molar-refractivity contribution in [2.24, 2.45) is 0 Å². The van der Waals surface area contributed by atoms with Crippen LogP contribution in [0.4, 0.5) is 0 Å². The first-order chi connectivity index (χ1) is 10.3. The molecule has 0 bridgehead atoms. The number of rotatable bonds is 6. The van der Waals surface area contributed by atoms with Gasteiger partial charge >= 0.3 is 0 Å². The van der Waals surface area contributed by atoms with Gasteiger partial charge in [0.25, 0.3) is 0 Å². The molecule has 0 saturated heterocycles. The van der Waals surface area contributed by atoms with Gasteiger partial charge in [-0.3, -0.25) is 0 Å². The minimum Gasteiger partial charge on any atom is -0.381 e.